The first kappa shape index (κ1) is 33.9. The lowest BCUT2D eigenvalue weighted by molar-refractivity contribution is -0.131. The predicted octanol–water partition coefficient (Wildman–Crippen LogP) is 3.36. The van der Waals surface area contributed by atoms with Gasteiger partial charge in [-0.1, -0.05) is 72.8 Å². The van der Waals surface area contributed by atoms with E-state index in [1.165, 1.54) is 0 Å². The summed E-state index contributed by atoms with van der Waals surface area (Å²) in [6, 6.07) is 27.8. The summed E-state index contributed by atoms with van der Waals surface area (Å²) in [5, 5.41) is 17.1. The van der Waals surface area contributed by atoms with Gasteiger partial charge in [0.2, 0.25) is 29.5 Å². The zero-order chi connectivity index (χ0) is 39.4. The second kappa shape index (κ2) is 10.9. The van der Waals surface area contributed by atoms with Gasteiger partial charge < -0.3 is 41.3 Å². The Labute approximate surface area is 329 Å². The van der Waals surface area contributed by atoms with E-state index < -0.39 is 34.0 Å². The molecule has 4 aromatic carbocycles. The molecule has 13 nitrogen and oxygen atoms in total. The number of likely N-dealkylation sites (tertiary alicyclic amines) is 3. The largest absolute Gasteiger partial charge is 0.364 e. The highest BCUT2D eigenvalue weighted by Gasteiger charge is 2.74. The zero-order valence-corrected chi connectivity index (χ0v) is 32.0. The van der Waals surface area contributed by atoms with Crippen molar-refractivity contribution >= 4 is 52.3 Å². The van der Waals surface area contributed by atoms with Crippen molar-refractivity contribution in [3.63, 3.8) is 0 Å². The van der Waals surface area contributed by atoms with Crippen LogP contribution in [-0.2, 0) is 45.6 Å². The summed E-state index contributed by atoms with van der Waals surface area (Å²) >= 11 is 0. The molecule has 0 spiro atoms. The molecular weight excluding hydrogens is 721 g/mol. The first-order valence-corrected chi connectivity index (χ1v) is 19.5. The Morgan fingerprint density at radius 1 is 0.596 bits per heavy atom. The number of anilines is 4. The van der Waals surface area contributed by atoms with E-state index in [1.807, 2.05) is 79.8 Å². The van der Waals surface area contributed by atoms with E-state index in [0.29, 0.717) is 11.3 Å². The number of rotatable bonds is 5. The van der Waals surface area contributed by atoms with E-state index in [0.717, 1.165) is 44.9 Å². The molecule has 3 saturated heterocycles. The van der Waals surface area contributed by atoms with Crippen LogP contribution in [0.2, 0.25) is 0 Å². The Kier molecular flexibility index (Phi) is 6.50. The summed E-state index contributed by atoms with van der Waals surface area (Å²) in [7, 11) is 6.92. The van der Waals surface area contributed by atoms with E-state index in [2.05, 4.69) is 38.7 Å². The van der Waals surface area contributed by atoms with Gasteiger partial charge >= 0.3 is 0 Å². The number of hydrogen-bond donors (Lipinski definition) is 5. The van der Waals surface area contributed by atoms with Crippen LogP contribution < -0.4 is 26.6 Å². The second-order valence-electron chi connectivity index (χ2n) is 16.9. The van der Waals surface area contributed by atoms with Gasteiger partial charge in [0.25, 0.3) is 0 Å². The molecule has 7 aliphatic heterocycles. The number of nitrogens with one attached hydrogen (secondary N) is 5. The van der Waals surface area contributed by atoms with Crippen molar-refractivity contribution in [2.24, 2.45) is 0 Å². The van der Waals surface area contributed by atoms with Gasteiger partial charge in [0.05, 0.1) is 21.7 Å². The van der Waals surface area contributed by atoms with Crippen LogP contribution in [0.5, 0.6) is 0 Å². The van der Waals surface area contributed by atoms with Crippen molar-refractivity contribution in [3.8, 4) is 0 Å². The smallest absolute Gasteiger partial charge is 0.236 e. The molecule has 0 saturated carbocycles. The first-order chi connectivity index (χ1) is 27.5. The summed E-state index contributed by atoms with van der Waals surface area (Å²) in [6.45, 7) is 0. The fourth-order valence-electron chi connectivity index (χ4n) is 12.3. The topological polar surface area (TPSA) is 155 Å². The SMILES string of the molecule is CNC(=O)C[C@@]1([C@@]23CC(=O)N(C)[C@@H]2Nc2c([C@]45CC(=O)N(C)[C@H]4Nc4ccccc45)cccc23)C(=O)Nc2c([C@]34CC(=O)N(C)[C@H]3Nc3ccccc34)cccc21. The van der Waals surface area contributed by atoms with E-state index in [1.54, 1.807) is 35.8 Å². The number of likely N-dealkylation sites (N-methyl/N-ethyl adjacent to an activating group) is 3. The summed E-state index contributed by atoms with van der Waals surface area (Å²) in [4.78, 5) is 76.2. The van der Waals surface area contributed by atoms with E-state index >= 15 is 4.79 Å². The van der Waals surface area contributed by atoms with Crippen LogP contribution in [0, 0.1) is 0 Å². The van der Waals surface area contributed by atoms with Gasteiger partial charge in [-0.2, -0.15) is 0 Å². The fourth-order valence-corrected chi connectivity index (χ4v) is 12.3. The quantitative estimate of drug-likeness (QED) is 0.208. The maximum Gasteiger partial charge on any atom is 0.236 e. The lowest BCUT2D eigenvalue weighted by atomic mass is 9.54. The molecule has 4 aromatic rings. The molecule has 11 rings (SSSR count). The van der Waals surface area contributed by atoms with Crippen LogP contribution in [0.3, 0.4) is 0 Å². The Hall–Kier alpha value is -6.37. The summed E-state index contributed by atoms with van der Waals surface area (Å²) in [5.74, 6) is -0.915. The van der Waals surface area contributed by atoms with Crippen molar-refractivity contribution in [1.82, 2.24) is 20.0 Å². The number of benzene rings is 4. The molecule has 0 unspecified atom stereocenters. The minimum Gasteiger partial charge on any atom is -0.364 e. The second-order valence-corrected chi connectivity index (χ2v) is 16.9. The third-order valence-corrected chi connectivity index (χ3v) is 14.8. The molecule has 57 heavy (non-hydrogen) atoms. The van der Waals surface area contributed by atoms with Crippen molar-refractivity contribution in [2.45, 2.75) is 65.8 Å². The van der Waals surface area contributed by atoms with Gasteiger partial charge in [-0.3, -0.25) is 24.0 Å². The molecule has 0 bridgehead atoms. The fraction of sp³-hybridized carbons (Fsp3) is 0.341. The molecule has 5 amide bonds. The summed E-state index contributed by atoms with van der Waals surface area (Å²) < 4.78 is 0. The average Bonchev–Trinajstić information content (AvgIpc) is 4.04. The number of hydrogen-bond acceptors (Lipinski definition) is 8. The molecule has 0 radical (unpaired) electrons. The summed E-state index contributed by atoms with van der Waals surface area (Å²) in [6.07, 6.45) is -1.38. The molecule has 7 atom stereocenters. The molecule has 7 aliphatic rings. The third kappa shape index (κ3) is 3.69. The maximum atomic E-state index is 15.6. The Bertz CT molecular complexity index is 2560. The normalized spacial score (nSPS) is 32.1. The van der Waals surface area contributed by atoms with Crippen molar-refractivity contribution in [1.29, 1.82) is 0 Å². The van der Waals surface area contributed by atoms with E-state index in [9.17, 15) is 19.2 Å². The number of carbonyl (C=O) groups excluding carboxylic acids is 5. The lowest BCUT2D eigenvalue weighted by Gasteiger charge is -2.45. The van der Waals surface area contributed by atoms with Crippen LogP contribution in [0.15, 0.2) is 84.9 Å². The van der Waals surface area contributed by atoms with E-state index in [4.69, 9.17) is 0 Å². The molecule has 5 N–H and O–H groups in total. The van der Waals surface area contributed by atoms with Crippen molar-refractivity contribution < 1.29 is 24.0 Å². The van der Waals surface area contributed by atoms with Crippen LogP contribution >= 0.6 is 0 Å². The number of nitrogens with zero attached hydrogens (tertiary/aromatic N) is 3. The molecule has 7 heterocycles. The number of para-hydroxylation sites is 4. The van der Waals surface area contributed by atoms with Gasteiger partial charge in [-0.15, -0.1) is 0 Å². The highest BCUT2D eigenvalue weighted by molar-refractivity contribution is 6.13. The van der Waals surface area contributed by atoms with Crippen molar-refractivity contribution in [3.05, 3.63) is 118 Å². The highest BCUT2D eigenvalue weighted by atomic mass is 16.2. The number of fused-ring (bicyclic) bond motifs is 10. The van der Waals surface area contributed by atoms with Crippen molar-refractivity contribution in [2.75, 3.05) is 49.5 Å². The van der Waals surface area contributed by atoms with Gasteiger partial charge in [0.15, 0.2) is 0 Å². The highest BCUT2D eigenvalue weighted by Crippen LogP contribution is 2.67. The minimum atomic E-state index is -1.59. The number of carbonyl (C=O) groups is 5. The molecule has 3 fully saturated rings. The van der Waals surface area contributed by atoms with Gasteiger partial charge in [0, 0.05) is 76.6 Å². The van der Waals surface area contributed by atoms with E-state index in [-0.39, 0.29) is 61.4 Å². The van der Waals surface area contributed by atoms with Crippen LogP contribution in [0.1, 0.15) is 59.1 Å². The Morgan fingerprint density at radius 2 is 1.07 bits per heavy atom. The first-order valence-electron chi connectivity index (χ1n) is 19.5. The zero-order valence-electron chi connectivity index (χ0n) is 32.0. The number of amides is 5. The molecule has 288 valence electrons. The molecule has 0 aliphatic carbocycles. The Balaban J connectivity index is 1.18. The van der Waals surface area contributed by atoms with Gasteiger partial charge in [-0.05, 0) is 45.5 Å². The lowest BCUT2D eigenvalue weighted by Crippen LogP contribution is -2.60. The van der Waals surface area contributed by atoms with Crippen LogP contribution in [0.25, 0.3) is 0 Å². The molecule has 13 heteroatoms. The average molecular weight is 763 g/mol. The summed E-state index contributed by atoms with van der Waals surface area (Å²) in [5.41, 5.74) is 3.69. The molecule has 0 aromatic heterocycles. The van der Waals surface area contributed by atoms with Gasteiger partial charge in [0.1, 0.15) is 18.5 Å². The minimum absolute atomic E-state index is 0.00390. The molecular formula is C44H42N8O5. The Morgan fingerprint density at radius 3 is 1.65 bits per heavy atom. The predicted molar refractivity (Wildman–Crippen MR) is 212 cm³/mol. The maximum absolute atomic E-state index is 15.6. The monoisotopic (exact) mass is 762 g/mol. The standard InChI is InChI=1S/C44H42N8O5/c1-45-31(53)19-44(28-16-10-14-26(36(28)49-40(44)57)42-21-33(55)51(3)38(42)47-30-18-8-6-12-24(30)42)43-22-34(56)52(4)39(43)48-35-25(13-9-15-27(35)43)41-20-32(54)50(2)37(41)46-29-17-7-5-11-23(29)41/h5-18,37-39,46-48H,19-22H2,1-4H3,(H,45,53)(H,49,57)/t37-,38-,39+,41-,42-,43-,44+/m1/s1. The van der Waals surface area contributed by atoms with Crippen LogP contribution in [0.4, 0.5) is 22.7 Å². The van der Waals surface area contributed by atoms with Crippen LogP contribution in [-0.4, -0.2) is 90.9 Å². The third-order valence-electron chi connectivity index (χ3n) is 14.8. The van der Waals surface area contributed by atoms with Gasteiger partial charge in [-0.25, -0.2) is 0 Å².